The Balaban J connectivity index is 1.55. The number of ether oxygens (including phenoxy) is 1. The number of nitrogens with two attached hydrogens (primary N) is 1. The summed E-state index contributed by atoms with van der Waals surface area (Å²) in [7, 11) is 0. The fraction of sp³-hybridized carbons (Fsp3) is 0.632. The van der Waals surface area contributed by atoms with Crippen LogP contribution in [0, 0.1) is 6.92 Å². The molecule has 4 rings (SSSR count). The number of aryl methyl sites for hydroxylation is 1. The smallest absolute Gasteiger partial charge is 0.160 e. The predicted octanol–water partition coefficient (Wildman–Crippen LogP) is 0.608. The average molecular weight is 391 g/mol. The summed E-state index contributed by atoms with van der Waals surface area (Å²) in [6.07, 6.45) is 8.59. The zero-order chi connectivity index (χ0) is 18.7. The lowest BCUT2D eigenvalue weighted by molar-refractivity contribution is 0.0424. The molecule has 2 fully saturated rings. The van der Waals surface area contributed by atoms with Crippen molar-refractivity contribution in [2.45, 2.75) is 31.5 Å². The number of rotatable bonds is 5. The van der Waals surface area contributed by atoms with Crippen LogP contribution in [0.4, 0.5) is 0 Å². The fourth-order valence-electron chi connectivity index (χ4n) is 3.86. The molecule has 2 unspecified atom stereocenters. The second-order valence-electron chi connectivity index (χ2n) is 7.62. The van der Waals surface area contributed by atoms with Crippen molar-refractivity contribution in [1.29, 1.82) is 0 Å². The minimum Gasteiger partial charge on any atom is -0.379 e. The van der Waals surface area contributed by atoms with Crippen molar-refractivity contribution in [2.24, 2.45) is 5.73 Å². The van der Waals surface area contributed by atoms with E-state index < -0.39 is 5.66 Å². The van der Waals surface area contributed by atoms with Crippen LogP contribution in [0.2, 0.25) is 0 Å². The number of hydrogen-bond acceptors (Lipinski definition) is 8. The molecule has 27 heavy (non-hydrogen) atoms. The molecule has 0 aromatic carbocycles. The normalized spacial score (nSPS) is 29.6. The van der Waals surface area contributed by atoms with Crippen LogP contribution in [-0.4, -0.2) is 61.9 Å². The summed E-state index contributed by atoms with van der Waals surface area (Å²) in [6, 6.07) is 0.419. The molecule has 3 aliphatic rings. The fourth-order valence-corrected chi connectivity index (χ4v) is 4.65. The molecule has 0 amide bonds. The van der Waals surface area contributed by atoms with E-state index in [2.05, 4.69) is 44.9 Å². The molecule has 148 valence electrons. The van der Waals surface area contributed by atoms with Crippen molar-refractivity contribution in [2.75, 3.05) is 45.9 Å². The van der Waals surface area contributed by atoms with E-state index in [1.807, 2.05) is 6.20 Å². The van der Waals surface area contributed by atoms with Gasteiger partial charge in [-0.05, 0) is 44.0 Å². The van der Waals surface area contributed by atoms with Gasteiger partial charge in [0.05, 0.1) is 13.2 Å². The molecule has 0 saturated carbocycles. The topological polar surface area (TPSA) is 87.5 Å². The van der Waals surface area contributed by atoms with Crippen molar-refractivity contribution in [3.63, 3.8) is 0 Å². The molecule has 1 aromatic heterocycles. The van der Waals surface area contributed by atoms with E-state index in [0.717, 1.165) is 56.8 Å². The van der Waals surface area contributed by atoms with E-state index in [9.17, 15) is 0 Å². The lowest BCUT2D eigenvalue weighted by Crippen LogP contribution is -2.55. The van der Waals surface area contributed by atoms with Crippen LogP contribution in [0.25, 0.3) is 0 Å². The van der Waals surface area contributed by atoms with E-state index in [4.69, 9.17) is 10.5 Å². The Kier molecular flexibility index (Phi) is 5.79. The Hall–Kier alpha value is -1.45. The Morgan fingerprint density at radius 1 is 1.44 bits per heavy atom. The van der Waals surface area contributed by atoms with Crippen LogP contribution in [0.15, 0.2) is 29.7 Å². The largest absolute Gasteiger partial charge is 0.379 e. The summed E-state index contributed by atoms with van der Waals surface area (Å²) in [5, 5.41) is 11.5. The van der Waals surface area contributed by atoms with E-state index >= 15 is 0 Å². The molecule has 7 nitrogen and oxygen atoms in total. The van der Waals surface area contributed by atoms with Gasteiger partial charge in [0, 0.05) is 43.3 Å². The molecule has 0 radical (unpaired) electrons. The molecule has 5 N–H and O–H groups in total. The van der Waals surface area contributed by atoms with E-state index in [0.29, 0.717) is 6.04 Å². The first-order chi connectivity index (χ1) is 13.1. The Morgan fingerprint density at radius 3 is 3.00 bits per heavy atom. The van der Waals surface area contributed by atoms with Crippen LogP contribution >= 0.6 is 11.3 Å². The highest BCUT2D eigenvalue weighted by Gasteiger charge is 2.33. The van der Waals surface area contributed by atoms with Crippen molar-refractivity contribution >= 4 is 11.3 Å². The van der Waals surface area contributed by atoms with Crippen molar-refractivity contribution < 1.29 is 4.74 Å². The number of piperidine rings is 1. The van der Waals surface area contributed by atoms with Gasteiger partial charge >= 0.3 is 0 Å². The number of nitrogens with one attached hydrogen (secondary N) is 3. The summed E-state index contributed by atoms with van der Waals surface area (Å²) in [4.78, 5) is 8.15. The van der Waals surface area contributed by atoms with E-state index in [1.165, 1.54) is 23.3 Å². The number of morpholine rings is 1. The van der Waals surface area contributed by atoms with Crippen LogP contribution < -0.4 is 21.7 Å². The summed E-state index contributed by atoms with van der Waals surface area (Å²) < 4.78 is 5.48. The minimum atomic E-state index is -0.778. The third-order valence-corrected chi connectivity index (χ3v) is 6.29. The van der Waals surface area contributed by atoms with Crippen LogP contribution in [0.3, 0.4) is 0 Å². The Bertz CT molecular complexity index is 705. The molecule has 3 aliphatic heterocycles. The van der Waals surface area contributed by atoms with Crippen molar-refractivity contribution in [3.8, 4) is 0 Å². The lowest BCUT2D eigenvalue weighted by atomic mass is 10.0. The van der Waals surface area contributed by atoms with Gasteiger partial charge in [0.2, 0.25) is 0 Å². The van der Waals surface area contributed by atoms with Gasteiger partial charge in [0.1, 0.15) is 10.8 Å². The highest BCUT2D eigenvalue weighted by molar-refractivity contribution is 7.11. The van der Waals surface area contributed by atoms with Gasteiger partial charge in [0.15, 0.2) is 5.66 Å². The van der Waals surface area contributed by atoms with Gasteiger partial charge in [-0.25, -0.2) is 4.98 Å². The zero-order valence-corrected chi connectivity index (χ0v) is 16.8. The van der Waals surface area contributed by atoms with Gasteiger partial charge in [-0.3, -0.25) is 10.6 Å². The summed E-state index contributed by atoms with van der Waals surface area (Å²) in [6.45, 7) is 8.54. The number of thiazole rings is 1. The third kappa shape index (κ3) is 4.70. The van der Waals surface area contributed by atoms with Crippen molar-refractivity contribution in [1.82, 2.24) is 25.8 Å². The van der Waals surface area contributed by atoms with Gasteiger partial charge < -0.3 is 20.7 Å². The molecule has 2 atom stereocenters. The number of nitrogens with zero attached hydrogens (tertiary/aromatic N) is 2. The van der Waals surface area contributed by atoms with Gasteiger partial charge in [0.25, 0.3) is 0 Å². The molecule has 2 saturated heterocycles. The standard InChI is InChI=1S/C19H30N6OS/c1-14-11-22-18(27-14)19(20)10-15(13-25-5-7-26-8-6-25)9-17(24-19)23-16-3-2-4-21-12-16/h9-11,16,21,23-24H,2-8,12-13,20H2,1H3. The molecule has 8 heteroatoms. The maximum Gasteiger partial charge on any atom is 0.160 e. The quantitative estimate of drug-likeness (QED) is 0.586. The first-order valence-electron chi connectivity index (χ1n) is 9.81. The maximum absolute atomic E-state index is 6.81. The first-order valence-corrected chi connectivity index (χ1v) is 10.6. The van der Waals surface area contributed by atoms with Gasteiger partial charge in [-0.2, -0.15) is 0 Å². The minimum absolute atomic E-state index is 0.419. The molecule has 0 bridgehead atoms. The second-order valence-corrected chi connectivity index (χ2v) is 8.86. The first kappa shape index (κ1) is 18.9. The second kappa shape index (κ2) is 8.28. The molecular weight excluding hydrogens is 360 g/mol. The maximum atomic E-state index is 6.81. The van der Waals surface area contributed by atoms with Crippen molar-refractivity contribution in [3.05, 3.63) is 39.6 Å². The predicted molar refractivity (Wildman–Crippen MR) is 108 cm³/mol. The summed E-state index contributed by atoms with van der Waals surface area (Å²) in [5.74, 6) is 0.991. The third-order valence-electron chi connectivity index (χ3n) is 5.23. The van der Waals surface area contributed by atoms with Crippen LogP contribution in [0.1, 0.15) is 22.7 Å². The number of hydrogen-bond donors (Lipinski definition) is 4. The van der Waals surface area contributed by atoms with E-state index in [1.54, 1.807) is 11.3 Å². The summed E-state index contributed by atoms with van der Waals surface area (Å²) in [5.41, 5.74) is 7.25. The lowest BCUT2D eigenvalue weighted by Gasteiger charge is -2.36. The van der Waals surface area contributed by atoms with Gasteiger partial charge in [-0.1, -0.05) is 0 Å². The Labute approximate surface area is 165 Å². The molecule has 4 heterocycles. The van der Waals surface area contributed by atoms with Crippen LogP contribution in [0.5, 0.6) is 0 Å². The molecular formula is C19H30N6OS. The van der Waals surface area contributed by atoms with E-state index in [-0.39, 0.29) is 0 Å². The molecule has 0 aliphatic carbocycles. The van der Waals surface area contributed by atoms with Crippen LogP contribution in [-0.2, 0) is 10.4 Å². The Morgan fingerprint density at radius 2 is 2.30 bits per heavy atom. The SMILES string of the molecule is Cc1cnc(C2(N)C=C(CN3CCOCC3)C=C(NC3CCCNC3)N2)s1. The van der Waals surface area contributed by atoms with Gasteiger partial charge in [-0.15, -0.1) is 11.3 Å². The molecule has 1 aromatic rings. The zero-order valence-electron chi connectivity index (χ0n) is 16.0. The highest BCUT2D eigenvalue weighted by Crippen LogP contribution is 2.28. The molecule has 0 spiro atoms. The average Bonchev–Trinajstić information content (AvgIpc) is 3.10. The number of aromatic nitrogens is 1. The summed E-state index contributed by atoms with van der Waals surface area (Å²) >= 11 is 1.65. The highest BCUT2D eigenvalue weighted by atomic mass is 32.1. The monoisotopic (exact) mass is 390 g/mol. The number of dihydropyridines is 1.